The molecule has 3 rings (SSSR count). The standard InChI is InChI=1S/C21H22N2O3S/c1-13-5-7-16(15(3)11-13)20(25)22-21-23(10-9-19(24)26-4)17-8-6-14(2)12-18(17)27-21/h5-8,11-12H,9-10H2,1-4H3. The molecule has 0 aliphatic rings. The molecule has 0 saturated heterocycles. The van der Waals surface area contributed by atoms with Crippen LogP contribution in [0.4, 0.5) is 0 Å². The summed E-state index contributed by atoms with van der Waals surface area (Å²) in [5, 5.41) is 0. The van der Waals surface area contributed by atoms with Crippen molar-refractivity contribution in [1.82, 2.24) is 4.57 Å². The molecule has 0 fully saturated rings. The number of hydrogen-bond donors (Lipinski definition) is 0. The minimum absolute atomic E-state index is 0.223. The molecule has 0 atom stereocenters. The van der Waals surface area contributed by atoms with E-state index in [2.05, 4.69) is 11.1 Å². The van der Waals surface area contributed by atoms with E-state index >= 15 is 0 Å². The fourth-order valence-electron chi connectivity index (χ4n) is 2.99. The average Bonchev–Trinajstić information content (AvgIpc) is 2.95. The number of nitrogens with zero attached hydrogens (tertiary/aromatic N) is 2. The maximum atomic E-state index is 12.8. The van der Waals surface area contributed by atoms with Crippen molar-refractivity contribution in [2.24, 2.45) is 4.99 Å². The Hall–Kier alpha value is -2.73. The molecule has 0 bridgehead atoms. The monoisotopic (exact) mass is 382 g/mol. The first-order valence-electron chi connectivity index (χ1n) is 8.72. The van der Waals surface area contributed by atoms with Gasteiger partial charge in [-0.1, -0.05) is 35.1 Å². The number of aryl methyl sites for hydroxylation is 4. The Kier molecular flexibility index (Phi) is 5.56. The van der Waals surface area contributed by atoms with Crippen molar-refractivity contribution in [3.63, 3.8) is 0 Å². The lowest BCUT2D eigenvalue weighted by Crippen LogP contribution is -2.19. The number of carbonyl (C=O) groups excluding carboxylic acids is 2. The molecule has 6 heteroatoms. The van der Waals surface area contributed by atoms with Crippen molar-refractivity contribution in [2.45, 2.75) is 33.7 Å². The fourth-order valence-corrected chi connectivity index (χ4v) is 4.14. The zero-order chi connectivity index (χ0) is 19.6. The molecular formula is C21H22N2O3S. The van der Waals surface area contributed by atoms with Gasteiger partial charge in [-0.15, -0.1) is 0 Å². The van der Waals surface area contributed by atoms with E-state index in [0.29, 0.717) is 16.9 Å². The number of amides is 1. The Labute approximate surface area is 161 Å². The van der Waals surface area contributed by atoms with Gasteiger partial charge in [0.15, 0.2) is 4.80 Å². The number of thiazole rings is 1. The Balaban J connectivity index is 2.09. The predicted octanol–water partition coefficient (Wildman–Crippen LogP) is 3.93. The highest BCUT2D eigenvalue weighted by Crippen LogP contribution is 2.20. The van der Waals surface area contributed by atoms with Gasteiger partial charge in [0.2, 0.25) is 0 Å². The summed E-state index contributed by atoms with van der Waals surface area (Å²) in [4.78, 5) is 29.3. The Bertz CT molecular complexity index is 1090. The molecule has 0 saturated carbocycles. The van der Waals surface area contributed by atoms with Crippen LogP contribution in [0.15, 0.2) is 41.4 Å². The second kappa shape index (κ2) is 7.88. The van der Waals surface area contributed by atoms with Crippen molar-refractivity contribution in [3.05, 3.63) is 63.5 Å². The summed E-state index contributed by atoms with van der Waals surface area (Å²) < 4.78 is 7.70. The lowest BCUT2D eigenvalue weighted by molar-refractivity contribution is -0.140. The minimum Gasteiger partial charge on any atom is -0.469 e. The quantitative estimate of drug-likeness (QED) is 0.642. The number of aromatic nitrogens is 1. The number of ether oxygens (including phenoxy) is 1. The summed E-state index contributed by atoms with van der Waals surface area (Å²) in [6, 6.07) is 11.8. The molecule has 3 aromatic rings. The number of methoxy groups -OCH3 is 1. The molecule has 0 N–H and O–H groups in total. The van der Waals surface area contributed by atoms with Gasteiger partial charge in [0.1, 0.15) is 0 Å². The summed E-state index contributed by atoms with van der Waals surface area (Å²) in [6.45, 7) is 6.34. The van der Waals surface area contributed by atoms with Crippen LogP contribution in [0, 0.1) is 20.8 Å². The zero-order valence-corrected chi connectivity index (χ0v) is 16.7. The summed E-state index contributed by atoms with van der Waals surface area (Å²) >= 11 is 1.45. The molecule has 0 spiro atoms. The van der Waals surface area contributed by atoms with Crippen LogP contribution in [0.1, 0.15) is 33.5 Å². The lowest BCUT2D eigenvalue weighted by atomic mass is 10.1. The first kappa shape index (κ1) is 19.0. The molecule has 0 radical (unpaired) electrons. The number of esters is 1. The molecule has 27 heavy (non-hydrogen) atoms. The van der Waals surface area contributed by atoms with Crippen molar-refractivity contribution in [2.75, 3.05) is 7.11 Å². The van der Waals surface area contributed by atoms with E-state index < -0.39 is 0 Å². The Morgan fingerprint density at radius 3 is 2.48 bits per heavy atom. The molecule has 0 aliphatic carbocycles. The van der Waals surface area contributed by atoms with Crippen LogP contribution in [0.5, 0.6) is 0 Å². The Morgan fingerprint density at radius 1 is 1.07 bits per heavy atom. The summed E-state index contributed by atoms with van der Waals surface area (Å²) in [5.74, 6) is -0.566. The van der Waals surface area contributed by atoms with Crippen molar-refractivity contribution in [3.8, 4) is 0 Å². The second-order valence-electron chi connectivity index (χ2n) is 6.57. The van der Waals surface area contributed by atoms with Gasteiger partial charge in [0.05, 0.1) is 23.7 Å². The molecule has 0 aliphatic heterocycles. The van der Waals surface area contributed by atoms with E-state index in [1.165, 1.54) is 18.4 Å². The van der Waals surface area contributed by atoms with Crippen LogP contribution in [-0.4, -0.2) is 23.6 Å². The van der Waals surface area contributed by atoms with Crippen LogP contribution >= 0.6 is 11.3 Å². The van der Waals surface area contributed by atoms with Gasteiger partial charge in [0, 0.05) is 12.1 Å². The van der Waals surface area contributed by atoms with E-state index in [0.717, 1.165) is 26.9 Å². The van der Waals surface area contributed by atoms with Crippen LogP contribution in [0.2, 0.25) is 0 Å². The smallest absolute Gasteiger partial charge is 0.307 e. The normalized spacial score (nSPS) is 11.8. The van der Waals surface area contributed by atoms with Gasteiger partial charge in [-0.25, -0.2) is 0 Å². The first-order chi connectivity index (χ1) is 12.9. The summed E-state index contributed by atoms with van der Waals surface area (Å²) in [6.07, 6.45) is 0.223. The second-order valence-corrected chi connectivity index (χ2v) is 7.58. The minimum atomic E-state index is -0.291. The number of rotatable bonds is 4. The summed E-state index contributed by atoms with van der Waals surface area (Å²) in [7, 11) is 1.37. The van der Waals surface area contributed by atoms with E-state index in [9.17, 15) is 9.59 Å². The number of fused-ring (bicyclic) bond motifs is 1. The highest BCUT2D eigenvalue weighted by Gasteiger charge is 2.12. The molecule has 0 unspecified atom stereocenters. The van der Waals surface area contributed by atoms with E-state index in [-0.39, 0.29) is 18.3 Å². The largest absolute Gasteiger partial charge is 0.469 e. The van der Waals surface area contributed by atoms with Crippen molar-refractivity contribution >= 4 is 33.4 Å². The van der Waals surface area contributed by atoms with E-state index in [1.807, 2.05) is 55.7 Å². The highest BCUT2D eigenvalue weighted by atomic mass is 32.1. The number of carbonyl (C=O) groups is 2. The van der Waals surface area contributed by atoms with Gasteiger partial charge in [-0.05, 0) is 50.1 Å². The molecule has 1 heterocycles. The molecule has 1 aromatic heterocycles. The van der Waals surface area contributed by atoms with E-state index in [1.54, 1.807) is 0 Å². The average molecular weight is 382 g/mol. The lowest BCUT2D eigenvalue weighted by Gasteiger charge is -2.05. The summed E-state index contributed by atoms with van der Waals surface area (Å²) in [5.41, 5.74) is 4.70. The maximum absolute atomic E-state index is 12.8. The SMILES string of the molecule is COC(=O)CCn1c(=NC(=O)c2ccc(C)cc2C)sc2cc(C)ccc21. The predicted molar refractivity (Wildman–Crippen MR) is 107 cm³/mol. The van der Waals surface area contributed by atoms with Gasteiger partial charge >= 0.3 is 5.97 Å². The van der Waals surface area contributed by atoms with Crippen LogP contribution in [0.3, 0.4) is 0 Å². The third-order valence-electron chi connectivity index (χ3n) is 4.41. The third-order valence-corrected chi connectivity index (χ3v) is 5.46. The number of benzene rings is 2. The molecular weight excluding hydrogens is 360 g/mol. The first-order valence-corrected chi connectivity index (χ1v) is 9.54. The third kappa shape index (κ3) is 4.17. The Morgan fingerprint density at radius 2 is 1.78 bits per heavy atom. The van der Waals surface area contributed by atoms with Gasteiger partial charge in [-0.2, -0.15) is 4.99 Å². The number of hydrogen-bond acceptors (Lipinski definition) is 4. The van der Waals surface area contributed by atoms with Crippen molar-refractivity contribution in [1.29, 1.82) is 0 Å². The molecule has 1 amide bonds. The highest BCUT2D eigenvalue weighted by molar-refractivity contribution is 7.16. The topological polar surface area (TPSA) is 60.7 Å². The van der Waals surface area contributed by atoms with Crippen molar-refractivity contribution < 1.29 is 14.3 Å². The van der Waals surface area contributed by atoms with Gasteiger partial charge < -0.3 is 9.30 Å². The van der Waals surface area contributed by atoms with Gasteiger partial charge in [0.25, 0.3) is 5.91 Å². The van der Waals surface area contributed by atoms with Crippen LogP contribution in [-0.2, 0) is 16.1 Å². The maximum Gasteiger partial charge on any atom is 0.307 e. The van der Waals surface area contributed by atoms with E-state index in [4.69, 9.17) is 4.74 Å². The van der Waals surface area contributed by atoms with Crippen LogP contribution < -0.4 is 4.80 Å². The zero-order valence-electron chi connectivity index (χ0n) is 15.9. The molecule has 2 aromatic carbocycles. The van der Waals surface area contributed by atoms with Crippen LogP contribution in [0.25, 0.3) is 10.2 Å². The molecule has 5 nitrogen and oxygen atoms in total. The fraction of sp³-hybridized carbons (Fsp3) is 0.286. The van der Waals surface area contributed by atoms with Gasteiger partial charge in [-0.3, -0.25) is 9.59 Å². The molecule has 140 valence electrons.